The number of aldehydes is 1. The van der Waals surface area contributed by atoms with Crippen LogP contribution in [0.3, 0.4) is 0 Å². The van der Waals surface area contributed by atoms with Gasteiger partial charge < -0.3 is 0 Å². The molecule has 3 aromatic rings. The number of nitrogens with one attached hydrogen (secondary N) is 2. The Labute approximate surface area is 98.1 Å². The number of rotatable bonds is 2. The van der Waals surface area contributed by atoms with E-state index in [2.05, 4.69) is 16.0 Å². The minimum absolute atomic E-state index is 0.691. The first-order valence-corrected chi connectivity index (χ1v) is 5.41. The highest BCUT2D eigenvalue weighted by Crippen LogP contribution is 2.21. The van der Waals surface area contributed by atoms with E-state index >= 15 is 0 Å². The third kappa shape index (κ3) is 1.72. The molecular formula is C14H11N2O+. The smallest absolute Gasteiger partial charge is 0.284 e. The summed E-state index contributed by atoms with van der Waals surface area (Å²) in [6, 6.07) is 11.7. The van der Waals surface area contributed by atoms with Gasteiger partial charge in [0.25, 0.3) is 5.65 Å². The van der Waals surface area contributed by atoms with Gasteiger partial charge in [0.05, 0.1) is 17.8 Å². The molecule has 0 radical (unpaired) electrons. The minimum Gasteiger partial charge on any atom is -0.298 e. The van der Waals surface area contributed by atoms with Crippen molar-refractivity contribution >= 4 is 17.3 Å². The summed E-state index contributed by atoms with van der Waals surface area (Å²) in [4.78, 5) is 17.0. The summed E-state index contributed by atoms with van der Waals surface area (Å²) < 4.78 is 0. The van der Waals surface area contributed by atoms with E-state index in [1.54, 1.807) is 6.07 Å². The van der Waals surface area contributed by atoms with Gasteiger partial charge in [-0.1, -0.05) is 18.2 Å². The van der Waals surface area contributed by atoms with Crippen LogP contribution < -0.4 is 4.98 Å². The fourth-order valence-electron chi connectivity index (χ4n) is 1.94. The van der Waals surface area contributed by atoms with E-state index in [1.807, 2.05) is 36.7 Å². The Morgan fingerprint density at radius 2 is 2.06 bits per heavy atom. The van der Waals surface area contributed by atoms with Gasteiger partial charge in [0, 0.05) is 11.1 Å². The van der Waals surface area contributed by atoms with Crippen LogP contribution in [0.15, 0.2) is 48.8 Å². The summed E-state index contributed by atoms with van der Waals surface area (Å²) in [5, 5.41) is 1.12. The average molecular weight is 223 g/mol. The van der Waals surface area contributed by atoms with Crippen molar-refractivity contribution in [3.8, 4) is 11.1 Å². The van der Waals surface area contributed by atoms with Crippen LogP contribution in [0.25, 0.3) is 22.2 Å². The van der Waals surface area contributed by atoms with E-state index in [0.29, 0.717) is 5.56 Å². The Balaban J connectivity index is 2.15. The standard InChI is InChI=1S/C14H10N2O/c17-9-10-2-1-3-11(6-10)13-7-12-4-5-15-14(12)16-8-13/h1-9H,(H,15,16)/p+1. The summed E-state index contributed by atoms with van der Waals surface area (Å²) in [6.07, 6.45) is 4.69. The first kappa shape index (κ1) is 9.78. The topological polar surface area (TPSA) is 47.0 Å². The van der Waals surface area contributed by atoms with E-state index in [9.17, 15) is 4.79 Å². The van der Waals surface area contributed by atoms with Crippen LogP contribution in [-0.2, 0) is 0 Å². The highest BCUT2D eigenvalue weighted by Gasteiger charge is 2.05. The summed E-state index contributed by atoms with van der Waals surface area (Å²) in [7, 11) is 0. The number of fused-ring (bicyclic) bond motifs is 1. The van der Waals surface area contributed by atoms with Crippen molar-refractivity contribution in [3.63, 3.8) is 0 Å². The van der Waals surface area contributed by atoms with Gasteiger partial charge in [-0.15, -0.1) is 0 Å². The number of H-pyrrole nitrogens is 2. The third-order valence-corrected chi connectivity index (χ3v) is 2.82. The molecule has 3 nitrogen and oxygen atoms in total. The second kappa shape index (κ2) is 3.87. The van der Waals surface area contributed by atoms with Crippen molar-refractivity contribution in [2.45, 2.75) is 0 Å². The molecule has 2 aromatic heterocycles. The Kier molecular flexibility index (Phi) is 2.22. The molecule has 0 aliphatic heterocycles. The van der Waals surface area contributed by atoms with E-state index in [4.69, 9.17) is 0 Å². The van der Waals surface area contributed by atoms with Gasteiger partial charge in [-0.05, 0) is 23.8 Å². The van der Waals surface area contributed by atoms with E-state index in [0.717, 1.165) is 28.4 Å². The van der Waals surface area contributed by atoms with Crippen molar-refractivity contribution in [1.29, 1.82) is 0 Å². The van der Waals surface area contributed by atoms with Gasteiger partial charge in [-0.2, -0.15) is 0 Å². The van der Waals surface area contributed by atoms with Gasteiger partial charge >= 0.3 is 0 Å². The maximum atomic E-state index is 10.7. The number of hydrogen-bond donors (Lipinski definition) is 1. The summed E-state index contributed by atoms with van der Waals surface area (Å²) >= 11 is 0. The SMILES string of the molecule is O=Cc1cccc(-c2c[nH+]c3[nH]ccc3c2)c1. The lowest BCUT2D eigenvalue weighted by Crippen LogP contribution is -2.02. The molecule has 0 saturated heterocycles. The van der Waals surface area contributed by atoms with Gasteiger partial charge in [-0.3, -0.25) is 4.79 Å². The lowest BCUT2D eigenvalue weighted by atomic mass is 10.0. The fraction of sp³-hybridized carbons (Fsp3) is 0. The number of aromatic nitrogens is 2. The molecule has 0 atom stereocenters. The van der Waals surface area contributed by atoms with Gasteiger partial charge in [-0.25, -0.2) is 9.97 Å². The quantitative estimate of drug-likeness (QED) is 0.666. The number of aromatic amines is 2. The second-order valence-corrected chi connectivity index (χ2v) is 3.94. The average Bonchev–Trinajstić information content (AvgIpc) is 2.86. The van der Waals surface area contributed by atoms with Crippen LogP contribution in [0.1, 0.15) is 10.4 Å². The molecule has 3 heteroatoms. The number of carbonyl (C=O) groups excluding carboxylic acids is 1. The molecule has 3 rings (SSSR count). The molecular weight excluding hydrogens is 212 g/mol. The molecule has 0 unspecified atom stereocenters. The van der Waals surface area contributed by atoms with Crippen molar-refractivity contribution in [2.75, 3.05) is 0 Å². The summed E-state index contributed by atoms with van der Waals surface area (Å²) in [5.74, 6) is 0. The first-order valence-electron chi connectivity index (χ1n) is 5.41. The predicted molar refractivity (Wildman–Crippen MR) is 65.7 cm³/mol. The molecule has 1 aromatic carbocycles. The van der Waals surface area contributed by atoms with E-state index < -0.39 is 0 Å². The fourth-order valence-corrected chi connectivity index (χ4v) is 1.94. The first-order chi connectivity index (χ1) is 8.36. The third-order valence-electron chi connectivity index (χ3n) is 2.82. The molecule has 2 N–H and O–H groups in total. The number of benzene rings is 1. The van der Waals surface area contributed by atoms with Crippen LogP contribution in [0, 0.1) is 0 Å². The molecule has 0 bridgehead atoms. The van der Waals surface area contributed by atoms with Gasteiger partial charge in [0.1, 0.15) is 6.29 Å². The molecule has 17 heavy (non-hydrogen) atoms. The zero-order chi connectivity index (χ0) is 11.7. The predicted octanol–water partition coefficient (Wildman–Crippen LogP) is 2.46. The number of carbonyl (C=O) groups is 1. The maximum Gasteiger partial charge on any atom is 0.284 e. The number of hydrogen-bond acceptors (Lipinski definition) is 1. The maximum absolute atomic E-state index is 10.7. The highest BCUT2D eigenvalue weighted by molar-refractivity contribution is 5.82. The zero-order valence-electron chi connectivity index (χ0n) is 9.10. The summed E-state index contributed by atoms with van der Waals surface area (Å²) in [6.45, 7) is 0. The normalized spacial score (nSPS) is 10.6. The minimum atomic E-state index is 0.691. The lowest BCUT2D eigenvalue weighted by molar-refractivity contribution is -0.346. The Morgan fingerprint density at radius 3 is 2.94 bits per heavy atom. The van der Waals surface area contributed by atoms with Gasteiger partial charge in [0.15, 0.2) is 0 Å². The monoisotopic (exact) mass is 223 g/mol. The Morgan fingerprint density at radius 1 is 1.12 bits per heavy atom. The van der Waals surface area contributed by atoms with Crippen molar-refractivity contribution < 1.29 is 9.78 Å². The second-order valence-electron chi connectivity index (χ2n) is 3.94. The summed E-state index contributed by atoms with van der Waals surface area (Å²) in [5.41, 5.74) is 3.80. The lowest BCUT2D eigenvalue weighted by Gasteiger charge is -2.00. The Bertz CT molecular complexity index is 685. The van der Waals surface area contributed by atoms with Crippen LogP contribution >= 0.6 is 0 Å². The van der Waals surface area contributed by atoms with Crippen LogP contribution in [0.5, 0.6) is 0 Å². The molecule has 0 aliphatic rings. The molecule has 0 spiro atoms. The van der Waals surface area contributed by atoms with Crippen LogP contribution in [-0.4, -0.2) is 11.3 Å². The molecule has 2 heterocycles. The van der Waals surface area contributed by atoms with E-state index in [-0.39, 0.29) is 0 Å². The molecule has 82 valence electrons. The molecule has 0 aliphatic carbocycles. The van der Waals surface area contributed by atoms with Crippen molar-refractivity contribution in [3.05, 3.63) is 54.4 Å². The molecule has 0 fully saturated rings. The Hall–Kier alpha value is -2.42. The van der Waals surface area contributed by atoms with Crippen molar-refractivity contribution in [2.24, 2.45) is 0 Å². The van der Waals surface area contributed by atoms with Crippen LogP contribution in [0.4, 0.5) is 0 Å². The van der Waals surface area contributed by atoms with Gasteiger partial charge in [0.2, 0.25) is 0 Å². The number of pyridine rings is 1. The van der Waals surface area contributed by atoms with E-state index in [1.165, 1.54) is 0 Å². The highest BCUT2D eigenvalue weighted by atomic mass is 16.1. The van der Waals surface area contributed by atoms with Crippen molar-refractivity contribution in [1.82, 2.24) is 4.98 Å². The molecule has 0 saturated carbocycles. The zero-order valence-corrected chi connectivity index (χ0v) is 9.10. The molecule has 0 amide bonds. The van der Waals surface area contributed by atoms with Crippen LogP contribution in [0.2, 0.25) is 0 Å². The largest absolute Gasteiger partial charge is 0.298 e.